The van der Waals surface area contributed by atoms with Crippen LogP contribution < -0.4 is 10.2 Å². The summed E-state index contributed by atoms with van der Waals surface area (Å²) in [6.45, 7) is 5.15. The van der Waals surface area contributed by atoms with Crippen molar-refractivity contribution in [2.24, 2.45) is 0 Å². The number of nitrogens with one attached hydrogen (secondary N) is 1. The van der Waals surface area contributed by atoms with Gasteiger partial charge in [-0.2, -0.15) is 0 Å². The van der Waals surface area contributed by atoms with Crippen LogP contribution in [0.5, 0.6) is 0 Å². The molecular weight excluding hydrogens is 277 g/mol. The number of anilines is 1. The molecule has 2 amide bonds. The Morgan fingerprint density at radius 1 is 1.52 bits per heavy atom. The van der Waals surface area contributed by atoms with E-state index in [1.54, 1.807) is 27.8 Å². The Kier molecular flexibility index (Phi) is 3.85. The minimum absolute atomic E-state index is 0.0663. The van der Waals surface area contributed by atoms with Gasteiger partial charge in [0.25, 0.3) is 0 Å². The average molecular weight is 295 g/mol. The van der Waals surface area contributed by atoms with Gasteiger partial charge in [0.1, 0.15) is 11.4 Å². The molecule has 21 heavy (non-hydrogen) atoms. The maximum absolute atomic E-state index is 13.9. The Balaban J connectivity index is 2.17. The largest absolute Gasteiger partial charge is 0.444 e. The van der Waals surface area contributed by atoms with Crippen molar-refractivity contribution in [2.75, 3.05) is 11.9 Å². The van der Waals surface area contributed by atoms with Crippen LogP contribution in [0.3, 0.4) is 0 Å². The number of halogens is 1. The topological polar surface area (TPSA) is 71.5 Å². The molecule has 0 spiro atoms. The molecule has 0 atom stereocenters. The third-order valence-electron chi connectivity index (χ3n) is 3.02. The van der Waals surface area contributed by atoms with Crippen molar-refractivity contribution in [3.63, 3.8) is 0 Å². The highest BCUT2D eigenvalue weighted by atomic mass is 19.1. The predicted octanol–water partition coefficient (Wildman–Crippen LogP) is 1.76. The third kappa shape index (κ3) is 3.29. The van der Waals surface area contributed by atoms with E-state index in [0.29, 0.717) is 11.4 Å². The molecule has 1 aliphatic rings. The van der Waals surface area contributed by atoms with E-state index in [1.807, 2.05) is 0 Å². The van der Waals surface area contributed by atoms with Gasteiger partial charge in [-0.05, 0) is 20.8 Å². The number of amides is 2. The van der Waals surface area contributed by atoms with Gasteiger partial charge in [-0.15, -0.1) is 0 Å². The van der Waals surface area contributed by atoms with E-state index in [2.05, 4.69) is 10.3 Å². The van der Waals surface area contributed by atoms with Crippen molar-refractivity contribution in [1.29, 1.82) is 0 Å². The number of rotatable bonds is 2. The Hall–Kier alpha value is -2.18. The molecule has 1 aliphatic heterocycles. The van der Waals surface area contributed by atoms with E-state index >= 15 is 0 Å². The molecule has 0 aliphatic carbocycles. The molecule has 0 unspecified atom stereocenters. The van der Waals surface area contributed by atoms with Crippen LogP contribution in [-0.4, -0.2) is 29.6 Å². The highest BCUT2D eigenvalue weighted by Crippen LogP contribution is 2.31. The van der Waals surface area contributed by atoms with Crippen molar-refractivity contribution >= 4 is 17.7 Å². The summed E-state index contributed by atoms with van der Waals surface area (Å²) < 4.78 is 19.0. The lowest BCUT2D eigenvalue weighted by Crippen LogP contribution is -2.33. The number of hydrogen-bond donors (Lipinski definition) is 1. The molecule has 0 saturated heterocycles. The SMILES string of the molecule is CN1C(=O)Cc2ncc(F)c(CNC(=O)OC(C)(C)C)c21. The number of carbonyl (C=O) groups excluding carboxylic acids is 2. The van der Waals surface area contributed by atoms with Crippen molar-refractivity contribution in [3.8, 4) is 0 Å². The summed E-state index contributed by atoms with van der Waals surface area (Å²) in [4.78, 5) is 28.6. The molecule has 1 N–H and O–H groups in total. The Bertz CT molecular complexity index is 596. The van der Waals surface area contributed by atoms with Gasteiger partial charge < -0.3 is 15.0 Å². The van der Waals surface area contributed by atoms with E-state index in [0.717, 1.165) is 6.20 Å². The highest BCUT2D eigenvalue weighted by Gasteiger charge is 2.30. The molecule has 6 nitrogen and oxygen atoms in total. The fourth-order valence-electron chi connectivity index (χ4n) is 2.12. The van der Waals surface area contributed by atoms with Gasteiger partial charge in [0.2, 0.25) is 5.91 Å². The van der Waals surface area contributed by atoms with Crippen molar-refractivity contribution in [3.05, 3.63) is 23.3 Å². The standard InChI is InChI=1S/C14H18FN3O3/c1-14(2,3)21-13(20)17-6-8-9(15)7-16-10-5-11(19)18(4)12(8)10/h7H,5-6H2,1-4H3,(H,17,20). The van der Waals surface area contributed by atoms with Gasteiger partial charge >= 0.3 is 6.09 Å². The zero-order valence-electron chi connectivity index (χ0n) is 12.5. The summed E-state index contributed by atoms with van der Waals surface area (Å²) in [6, 6.07) is 0. The smallest absolute Gasteiger partial charge is 0.407 e. The number of fused-ring (bicyclic) bond motifs is 1. The number of alkyl carbamates (subject to hydrolysis) is 1. The second-order valence-corrected chi connectivity index (χ2v) is 5.86. The van der Waals surface area contributed by atoms with Crippen LogP contribution in [0.15, 0.2) is 6.20 Å². The van der Waals surface area contributed by atoms with Gasteiger partial charge in [-0.25, -0.2) is 9.18 Å². The number of carbonyl (C=O) groups is 2. The maximum atomic E-state index is 13.9. The van der Waals surface area contributed by atoms with Crippen molar-refractivity contribution < 1.29 is 18.7 Å². The first-order valence-corrected chi connectivity index (χ1v) is 6.58. The minimum atomic E-state index is -0.639. The molecule has 2 rings (SSSR count). The lowest BCUT2D eigenvalue weighted by molar-refractivity contribution is -0.117. The molecule has 0 fully saturated rings. The van der Waals surface area contributed by atoms with Gasteiger partial charge in [0, 0.05) is 12.6 Å². The summed E-state index contributed by atoms with van der Waals surface area (Å²) in [5, 5.41) is 2.49. The Morgan fingerprint density at radius 3 is 2.81 bits per heavy atom. The molecule has 0 bridgehead atoms. The van der Waals surface area contributed by atoms with Gasteiger partial charge in [-0.3, -0.25) is 9.78 Å². The van der Waals surface area contributed by atoms with Crippen LogP contribution in [-0.2, 0) is 22.5 Å². The highest BCUT2D eigenvalue weighted by molar-refractivity contribution is 6.01. The zero-order chi connectivity index (χ0) is 15.8. The zero-order valence-corrected chi connectivity index (χ0v) is 12.5. The predicted molar refractivity (Wildman–Crippen MR) is 74.4 cm³/mol. The van der Waals surface area contributed by atoms with Gasteiger partial charge in [0.05, 0.1) is 30.5 Å². The van der Waals surface area contributed by atoms with E-state index in [1.165, 1.54) is 4.90 Å². The fourth-order valence-corrected chi connectivity index (χ4v) is 2.12. The molecule has 2 heterocycles. The number of aromatic nitrogens is 1. The quantitative estimate of drug-likeness (QED) is 0.902. The second kappa shape index (κ2) is 5.31. The third-order valence-corrected chi connectivity index (χ3v) is 3.02. The van der Waals surface area contributed by atoms with Crippen LogP contribution in [0.2, 0.25) is 0 Å². The first kappa shape index (κ1) is 15.2. The van der Waals surface area contributed by atoms with E-state index in [-0.39, 0.29) is 24.4 Å². The molecular formula is C14H18FN3O3. The maximum Gasteiger partial charge on any atom is 0.407 e. The summed E-state index contributed by atoms with van der Waals surface area (Å²) in [7, 11) is 1.56. The Labute approximate surface area is 122 Å². The number of likely N-dealkylation sites (N-methyl/N-ethyl adjacent to an activating group) is 1. The number of ether oxygens (including phenoxy) is 1. The average Bonchev–Trinajstić information content (AvgIpc) is 2.63. The van der Waals surface area contributed by atoms with Crippen molar-refractivity contribution in [1.82, 2.24) is 10.3 Å². The Morgan fingerprint density at radius 2 is 2.19 bits per heavy atom. The lowest BCUT2D eigenvalue weighted by Gasteiger charge is -2.20. The molecule has 0 radical (unpaired) electrons. The summed E-state index contributed by atoms with van der Waals surface area (Å²) >= 11 is 0. The van der Waals surface area contributed by atoms with E-state index in [9.17, 15) is 14.0 Å². The molecule has 114 valence electrons. The minimum Gasteiger partial charge on any atom is -0.444 e. The van der Waals surface area contributed by atoms with Crippen LogP contribution in [0.1, 0.15) is 32.0 Å². The first-order chi connectivity index (χ1) is 9.69. The van der Waals surface area contributed by atoms with E-state index in [4.69, 9.17) is 4.74 Å². The summed E-state index contributed by atoms with van der Waals surface area (Å²) in [6.07, 6.45) is 0.572. The normalized spacial score (nSPS) is 14.1. The molecule has 0 saturated carbocycles. The van der Waals surface area contributed by atoms with Crippen LogP contribution in [0, 0.1) is 5.82 Å². The number of hydrogen-bond acceptors (Lipinski definition) is 4. The molecule has 0 aromatic carbocycles. The molecule has 7 heteroatoms. The monoisotopic (exact) mass is 295 g/mol. The lowest BCUT2D eigenvalue weighted by atomic mass is 10.1. The fraction of sp³-hybridized carbons (Fsp3) is 0.500. The number of pyridine rings is 1. The van der Waals surface area contributed by atoms with Crippen LogP contribution in [0.4, 0.5) is 14.9 Å². The van der Waals surface area contributed by atoms with Crippen LogP contribution in [0.25, 0.3) is 0 Å². The second-order valence-electron chi connectivity index (χ2n) is 5.86. The van der Waals surface area contributed by atoms with Crippen LogP contribution >= 0.6 is 0 Å². The van der Waals surface area contributed by atoms with Crippen molar-refractivity contribution in [2.45, 2.75) is 39.3 Å². The van der Waals surface area contributed by atoms with Gasteiger partial charge in [-0.1, -0.05) is 0 Å². The summed E-state index contributed by atoms with van der Waals surface area (Å²) in [5.74, 6) is -0.715. The van der Waals surface area contributed by atoms with E-state index < -0.39 is 17.5 Å². The molecule has 1 aromatic heterocycles. The van der Waals surface area contributed by atoms with Gasteiger partial charge in [0.15, 0.2) is 0 Å². The number of nitrogens with zero attached hydrogens (tertiary/aromatic N) is 2. The molecule has 1 aromatic rings. The first-order valence-electron chi connectivity index (χ1n) is 6.58. The summed E-state index contributed by atoms with van der Waals surface area (Å²) in [5.41, 5.74) is 0.551.